The van der Waals surface area contributed by atoms with Gasteiger partial charge in [0.05, 0.1) is 42.1 Å². The van der Waals surface area contributed by atoms with E-state index in [0.29, 0.717) is 23.5 Å². The number of benzene rings is 3. The minimum absolute atomic E-state index is 0.00803. The molecule has 0 fully saturated rings. The van der Waals surface area contributed by atoms with Crippen LogP contribution >= 0.6 is 58.0 Å². The molecule has 0 saturated heterocycles. The van der Waals surface area contributed by atoms with E-state index in [4.69, 9.17) is 58.0 Å². The lowest BCUT2D eigenvalue weighted by molar-refractivity contribution is -0.129. The van der Waals surface area contributed by atoms with Crippen LogP contribution in [0.5, 0.6) is 0 Å². The molecule has 0 aliphatic carbocycles. The summed E-state index contributed by atoms with van der Waals surface area (Å²) in [5.41, 5.74) is 3.04. The Morgan fingerprint density at radius 3 is 2.22 bits per heavy atom. The van der Waals surface area contributed by atoms with E-state index in [0.717, 1.165) is 29.1 Å². The van der Waals surface area contributed by atoms with E-state index in [-0.39, 0.29) is 36.4 Å². The Morgan fingerprint density at radius 1 is 0.919 bits per heavy atom. The minimum atomic E-state index is -1.29. The van der Waals surface area contributed by atoms with Gasteiger partial charge >= 0.3 is 5.97 Å². The molecule has 1 N–H and O–H groups in total. The van der Waals surface area contributed by atoms with Crippen LogP contribution in [0.25, 0.3) is 6.08 Å². The summed E-state index contributed by atoms with van der Waals surface area (Å²) in [6, 6.07) is 14.2. The number of amides is 1. The largest absolute Gasteiger partial charge is 0.476 e. The number of hydrogen-bond donors (Lipinski definition) is 1. The van der Waals surface area contributed by atoms with E-state index in [2.05, 4.69) is 5.10 Å². The average Bonchev–Trinajstić information content (AvgIpc) is 3.23. The minimum Gasteiger partial charge on any atom is -0.476 e. The predicted molar refractivity (Wildman–Crippen MR) is 150 cm³/mol. The third-order valence-electron chi connectivity index (χ3n) is 6.07. The number of anilines is 3. The summed E-state index contributed by atoms with van der Waals surface area (Å²) in [5, 5.41) is 15.6. The van der Waals surface area contributed by atoms with Crippen LogP contribution < -0.4 is 9.91 Å². The fraction of sp³-hybridized carbons (Fsp3) is 0.115. The lowest BCUT2D eigenvalue weighted by Crippen LogP contribution is -2.25. The van der Waals surface area contributed by atoms with E-state index in [1.165, 1.54) is 6.08 Å². The molecule has 3 aromatic carbocycles. The topological polar surface area (TPSA) is 73.2 Å². The van der Waals surface area contributed by atoms with Crippen molar-refractivity contribution in [3.63, 3.8) is 0 Å². The first-order chi connectivity index (χ1) is 17.7. The number of aliphatic carboxylic acids is 1. The molecule has 0 atom stereocenters. The number of carboxylic acid groups (broad SMARTS) is 1. The standard InChI is InChI=1S/C26H16Cl5N3O3/c27-18-19(28)21(30)24(22(31)20(18)29)33-10-4-5-14-11-13(8-9-17(14)33)12-16-23(26(36)37)32-34(25(16)35)15-6-2-1-3-7-15/h1-3,6-9,11-12H,4-5,10H2,(H,36,37). The van der Waals surface area contributed by atoms with Gasteiger partial charge in [0.15, 0.2) is 5.71 Å². The van der Waals surface area contributed by atoms with Crippen molar-refractivity contribution >= 4 is 98.7 Å². The van der Waals surface area contributed by atoms with Gasteiger partial charge in [-0.1, -0.05) is 82.3 Å². The first kappa shape index (κ1) is 25.9. The normalized spacial score (nSPS) is 16.3. The van der Waals surface area contributed by atoms with Gasteiger partial charge in [-0.2, -0.15) is 10.1 Å². The summed E-state index contributed by atoms with van der Waals surface area (Å²) >= 11 is 31.8. The van der Waals surface area contributed by atoms with Gasteiger partial charge in [0.1, 0.15) is 0 Å². The summed E-state index contributed by atoms with van der Waals surface area (Å²) in [6.45, 7) is 0.613. The molecule has 37 heavy (non-hydrogen) atoms. The number of rotatable bonds is 4. The van der Waals surface area contributed by atoms with Gasteiger partial charge in [0.2, 0.25) is 0 Å². The van der Waals surface area contributed by atoms with Gasteiger partial charge in [-0.15, -0.1) is 0 Å². The summed E-state index contributed by atoms with van der Waals surface area (Å²) in [7, 11) is 0. The Hall–Kier alpha value is -2.74. The summed E-state index contributed by atoms with van der Waals surface area (Å²) in [5.74, 6) is -1.81. The van der Waals surface area contributed by atoms with Crippen molar-refractivity contribution in [2.75, 3.05) is 16.5 Å². The van der Waals surface area contributed by atoms with E-state index < -0.39 is 11.9 Å². The SMILES string of the molecule is O=C(O)C1=NN(c2ccccc2)C(=O)C1=Cc1ccc2c(c1)CCCN2c1c(Cl)c(Cl)c(Cl)c(Cl)c1Cl. The Morgan fingerprint density at radius 2 is 1.57 bits per heavy atom. The number of hydrazone groups is 1. The van der Waals surface area contributed by atoms with Crippen LogP contribution in [0.15, 0.2) is 59.2 Å². The molecule has 2 aliphatic heterocycles. The van der Waals surface area contributed by atoms with Crippen molar-refractivity contribution in [1.82, 2.24) is 0 Å². The molecule has 5 rings (SSSR count). The Bertz CT molecular complexity index is 1490. The molecule has 11 heteroatoms. The van der Waals surface area contributed by atoms with E-state index in [1.807, 2.05) is 17.0 Å². The Kier molecular flexibility index (Phi) is 7.14. The van der Waals surface area contributed by atoms with Crippen molar-refractivity contribution in [3.8, 4) is 0 Å². The fourth-order valence-corrected chi connectivity index (χ4v) is 5.72. The molecule has 188 valence electrons. The number of hydrogen-bond acceptors (Lipinski definition) is 4. The molecule has 2 heterocycles. The van der Waals surface area contributed by atoms with Gasteiger partial charge < -0.3 is 10.0 Å². The highest BCUT2D eigenvalue weighted by Crippen LogP contribution is 2.51. The van der Waals surface area contributed by atoms with Crippen LogP contribution in [0.4, 0.5) is 17.1 Å². The smallest absolute Gasteiger partial charge is 0.357 e. The first-order valence-electron chi connectivity index (χ1n) is 11.0. The number of halogens is 5. The maximum atomic E-state index is 13.1. The maximum absolute atomic E-state index is 13.1. The van der Waals surface area contributed by atoms with Crippen LogP contribution in [0.3, 0.4) is 0 Å². The number of carboxylic acids is 1. The van der Waals surface area contributed by atoms with Gasteiger partial charge in [0.25, 0.3) is 5.91 Å². The molecule has 6 nitrogen and oxygen atoms in total. The highest BCUT2D eigenvalue weighted by molar-refractivity contribution is 6.57. The van der Waals surface area contributed by atoms with Crippen LogP contribution in [0, 0.1) is 0 Å². The summed E-state index contributed by atoms with van der Waals surface area (Å²) in [4.78, 5) is 26.9. The Balaban J connectivity index is 1.54. The van der Waals surface area contributed by atoms with Crippen molar-refractivity contribution < 1.29 is 14.7 Å². The molecule has 0 saturated carbocycles. The predicted octanol–water partition coefficient (Wildman–Crippen LogP) is 7.91. The average molecular weight is 596 g/mol. The molecular formula is C26H16Cl5N3O3. The highest BCUT2D eigenvalue weighted by atomic mass is 35.5. The number of aryl methyl sites for hydroxylation is 1. The molecule has 0 bridgehead atoms. The molecule has 0 spiro atoms. The van der Waals surface area contributed by atoms with Gasteiger partial charge in [-0.3, -0.25) is 4.79 Å². The van der Waals surface area contributed by atoms with E-state index >= 15 is 0 Å². The first-order valence-corrected chi connectivity index (χ1v) is 12.9. The molecule has 0 radical (unpaired) electrons. The van der Waals surface area contributed by atoms with Crippen molar-refractivity contribution in [2.45, 2.75) is 12.8 Å². The summed E-state index contributed by atoms with van der Waals surface area (Å²) in [6.07, 6.45) is 3.06. The second kappa shape index (κ2) is 10.2. The van der Waals surface area contributed by atoms with Crippen LogP contribution in [-0.4, -0.2) is 29.2 Å². The maximum Gasteiger partial charge on any atom is 0.357 e. The number of para-hydroxylation sites is 1. The van der Waals surface area contributed by atoms with Crippen LogP contribution in [0.1, 0.15) is 17.5 Å². The molecular weight excluding hydrogens is 580 g/mol. The lowest BCUT2D eigenvalue weighted by atomic mass is 9.97. The zero-order valence-corrected chi connectivity index (χ0v) is 22.6. The number of carbonyl (C=O) groups is 2. The number of carbonyl (C=O) groups excluding carboxylic acids is 1. The zero-order chi connectivity index (χ0) is 26.4. The monoisotopic (exact) mass is 593 g/mol. The quantitative estimate of drug-likeness (QED) is 0.189. The fourth-order valence-electron chi connectivity index (χ4n) is 4.38. The molecule has 3 aromatic rings. The number of fused-ring (bicyclic) bond motifs is 1. The van der Waals surface area contributed by atoms with Crippen LogP contribution in [0.2, 0.25) is 25.1 Å². The molecule has 0 unspecified atom stereocenters. The Labute approximate surface area is 237 Å². The van der Waals surface area contributed by atoms with E-state index in [9.17, 15) is 14.7 Å². The second-order valence-electron chi connectivity index (χ2n) is 8.33. The van der Waals surface area contributed by atoms with Gasteiger partial charge in [0, 0.05) is 12.2 Å². The molecule has 2 aliphatic rings. The van der Waals surface area contributed by atoms with E-state index in [1.54, 1.807) is 36.4 Å². The third kappa shape index (κ3) is 4.58. The molecule has 0 aromatic heterocycles. The lowest BCUT2D eigenvalue weighted by Gasteiger charge is -2.33. The van der Waals surface area contributed by atoms with Crippen molar-refractivity contribution in [1.29, 1.82) is 0 Å². The highest BCUT2D eigenvalue weighted by Gasteiger charge is 2.35. The van der Waals surface area contributed by atoms with Crippen molar-refractivity contribution in [2.24, 2.45) is 5.10 Å². The summed E-state index contributed by atoms with van der Waals surface area (Å²) < 4.78 is 0. The van der Waals surface area contributed by atoms with Crippen molar-refractivity contribution in [3.05, 3.63) is 90.3 Å². The van der Waals surface area contributed by atoms with Crippen LogP contribution in [-0.2, 0) is 16.0 Å². The van der Waals surface area contributed by atoms with Gasteiger partial charge in [-0.05, 0) is 54.3 Å². The molecule has 1 amide bonds. The zero-order valence-electron chi connectivity index (χ0n) is 18.8. The van der Waals surface area contributed by atoms with Gasteiger partial charge in [-0.25, -0.2) is 4.79 Å². The third-order valence-corrected chi connectivity index (χ3v) is 8.33. The second-order valence-corrected chi connectivity index (χ2v) is 10.2. The number of nitrogens with zero attached hydrogens (tertiary/aromatic N) is 3.